The van der Waals surface area contributed by atoms with Crippen LogP contribution in [-0.4, -0.2) is 5.78 Å². The molecule has 146 valence electrons. The SMILES string of the molecule is CC=C(C)CC(=O)C1=C(c2cc3c(cc2C)C(C)(C)CCC3(C)C)CCC1. The van der Waals surface area contributed by atoms with E-state index in [0.717, 1.165) is 24.8 Å². The number of carbonyl (C=O) groups is 1. The summed E-state index contributed by atoms with van der Waals surface area (Å²) < 4.78 is 0. The number of Topliss-reactive ketones (excluding diaryl/α,β-unsaturated/α-hetero) is 1. The molecule has 2 aliphatic rings. The molecule has 0 bridgehead atoms. The van der Waals surface area contributed by atoms with Crippen LogP contribution in [0.2, 0.25) is 0 Å². The van der Waals surface area contributed by atoms with Crippen molar-refractivity contribution in [2.45, 2.75) is 97.8 Å². The van der Waals surface area contributed by atoms with Crippen LogP contribution in [0.1, 0.15) is 102 Å². The Kier molecular flexibility index (Phi) is 5.27. The van der Waals surface area contributed by atoms with Gasteiger partial charge in [0.2, 0.25) is 0 Å². The van der Waals surface area contributed by atoms with E-state index in [1.54, 1.807) is 0 Å². The summed E-state index contributed by atoms with van der Waals surface area (Å²) in [5.41, 5.74) is 9.70. The normalized spacial score (nSPS) is 21.4. The van der Waals surface area contributed by atoms with Gasteiger partial charge in [0.25, 0.3) is 0 Å². The van der Waals surface area contributed by atoms with Crippen LogP contribution in [0.5, 0.6) is 0 Å². The van der Waals surface area contributed by atoms with Gasteiger partial charge in [-0.3, -0.25) is 4.79 Å². The van der Waals surface area contributed by atoms with Gasteiger partial charge in [0, 0.05) is 6.42 Å². The minimum atomic E-state index is 0.207. The van der Waals surface area contributed by atoms with Gasteiger partial charge in [0.1, 0.15) is 0 Å². The molecule has 0 saturated heterocycles. The minimum Gasteiger partial charge on any atom is -0.294 e. The number of allylic oxidation sites excluding steroid dienone is 4. The van der Waals surface area contributed by atoms with Crippen LogP contribution in [0.25, 0.3) is 5.57 Å². The lowest BCUT2D eigenvalue weighted by atomic mass is 9.62. The quantitative estimate of drug-likeness (QED) is 0.516. The third-order valence-electron chi connectivity index (χ3n) is 7.01. The molecule has 2 aliphatic carbocycles. The summed E-state index contributed by atoms with van der Waals surface area (Å²) in [5.74, 6) is 0.329. The highest BCUT2D eigenvalue weighted by atomic mass is 16.1. The molecule has 0 unspecified atom stereocenters. The average Bonchev–Trinajstić information content (AvgIpc) is 3.08. The van der Waals surface area contributed by atoms with E-state index in [1.165, 1.54) is 46.2 Å². The highest BCUT2D eigenvalue weighted by molar-refractivity contribution is 6.04. The molecular formula is C26H36O. The van der Waals surface area contributed by atoms with Gasteiger partial charge < -0.3 is 0 Å². The van der Waals surface area contributed by atoms with Crippen molar-refractivity contribution in [2.24, 2.45) is 0 Å². The molecule has 0 aromatic heterocycles. The van der Waals surface area contributed by atoms with Gasteiger partial charge in [-0.15, -0.1) is 0 Å². The lowest BCUT2D eigenvalue weighted by molar-refractivity contribution is -0.115. The number of ketones is 1. The van der Waals surface area contributed by atoms with Gasteiger partial charge in [0.05, 0.1) is 0 Å². The highest BCUT2D eigenvalue weighted by Gasteiger charge is 2.38. The van der Waals surface area contributed by atoms with Crippen LogP contribution in [0.3, 0.4) is 0 Å². The van der Waals surface area contributed by atoms with Gasteiger partial charge in [-0.2, -0.15) is 0 Å². The molecule has 27 heavy (non-hydrogen) atoms. The second-order valence-electron chi connectivity index (χ2n) is 10.0. The molecule has 0 heterocycles. The monoisotopic (exact) mass is 364 g/mol. The fourth-order valence-corrected chi connectivity index (χ4v) is 4.86. The van der Waals surface area contributed by atoms with E-state index in [4.69, 9.17) is 0 Å². The molecule has 0 atom stereocenters. The van der Waals surface area contributed by atoms with Crippen LogP contribution in [0.15, 0.2) is 29.4 Å². The summed E-state index contributed by atoms with van der Waals surface area (Å²) in [5, 5.41) is 0. The lowest BCUT2D eigenvalue weighted by Crippen LogP contribution is -2.34. The van der Waals surface area contributed by atoms with Crippen molar-refractivity contribution in [3.8, 4) is 0 Å². The van der Waals surface area contributed by atoms with Crippen molar-refractivity contribution in [3.05, 3.63) is 51.6 Å². The predicted molar refractivity (Wildman–Crippen MR) is 116 cm³/mol. The van der Waals surface area contributed by atoms with Gasteiger partial charge in [-0.1, -0.05) is 51.5 Å². The van der Waals surface area contributed by atoms with Gasteiger partial charge in [-0.05, 0) is 97.1 Å². The molecule has 1 aromatic carbocycles. The summed E-state index contributed by atoms with van der Waals surface area (Å²) in [6.45, 7) is 15.8. The number of benzene rings is 1. The molecule has 1 aromatic rings. The van der Waals surface area contributed by atoms with Crippen LogP contribution in [0, 0.1) is 6.92 Å². The van der Waals surface area contributed by atoms with Crippen molar-refractivity contribution in [3.63, 3.8) is 0 Å². The lowest BCUT2D eigenvalue weighted by Gasteiger charge is -2.42. The standard InChI is InChI=1S/C26H36O/c1-8-17(2)14-24(27)20-11-9-10-19(20)21-16-23-22(15-18(21)3)25(4,5)12-13-26(23,6)7/h8,15-16H,9-14H2,1-7H3. The summed E-state index contributed by atoms with van der Waals surface area (Å²) in [6.07, 6.45) is 8.17. The largest absolute Gasteiger partial charge is 0.294 e. The number of fused-ring (bicyclic) bond motifs is 1. The number of carbonyl (C=O) groups excluding carboxylic acids is 1. The van der Waals surface area contributed by atoms with Gasteiger partial charge in [0.15, 0.2) is 5.78 Å². The summed E-state index contributed by atoms with van der Waals surface area (Å²) in [6, 6.07) is 4.87. The maximum absolute atomic E-state index is 12.9. The first-order chi connectivity index (χ1) is 12.6. The van der Waals surface area contributed by atoms with Crippen molar-refractivity contribution in [1.82, 2.24) is 0 Å². The maximum atomic E-state index is 12.9. The third kappa shape index (κ3) is 3.71. The average molecular weight is 365 g/mol. The van der Waals surface area contributed by atoms with E-state index in [2.05, 4.69) is 59.8 Å². The van der Waals surface area contributed by atoms with E-state index >= 15 is 0 Å². The topological polar surface area (TPSA) is 17.1 Å². The molecule has 0 amide bonds. The van der Waals surface area contributed by atoms with Crippen molar-refractivity contribution in [2.75, 3.05) is 0 Å². The number of hydrogen-bond donors (Lipinski definition) is 0. The Labute approximate surface area is 166 Å². The van der Waals surface area contributed by atoms with Crippen LogP contribution < -0.4 is 0 Å². The molecule has 1 heteroatoms. The summed E-state index contributed by atoms with van der Waals surface area (Å²) in [4.78, 5) is 12.9. The van der Waals surface area contributed by atoms with Crippen molar-refractivity contribution < 1.29 is 4.79 Å². The first-order valence-corrected chi connectivity index (χ1v) is 10.6. The van der Waals surface area contributed by atoms with E-state index in [-0.39, 0.29) is 10.8 Å². The first kappa shape index (κ1) is 20.1. The predicted octanol–water partition coefficient (Wildman–Crippen LogP) is 7.21. The molecule has 0 saturated carbocycles. The van der Waals surface area contributed by atoms with E-state index in [9.17, 15) is 4.79 Å². The summed E-state index contributed by atoms with van der Waals surface area (Å²) >= 11 is 0. The van der Waals surface area contributed by atoms with Crippen LogP contribution in [0.4, 0.5) is 0 Å². The molecule has 0 fully saturated rings. The van der Waals surface area contributed by atoms with E-state index in [1.807, 2.05) is 6.92 Å². The van der Waals surface area contributed by atoms with Crippen molar-refractivity contribution in [1.29, 1.82) is 0 Å². The highest BCUT2D eigenvalue weighted by Crippen LogP contribution is 2.48. The first-order valence-electron chi connectivity index (χ1n) is 10.6. The van der Waals surface area contributed by atoms with Gasteiger partial charge >= 0.3 is 0 Å². The van der Waals surface area contributed by atoms with Crippen molar-refractivity contribution >= 4 is 11.4 Å². The van der Waals surface area contributed by atoms with Crippen LogP contribution >= 0.6 is 0 Å². The fourth-order valence-electron chi connectivity index (χ4n) is 4.86. The molecule has 0 spiro atoms. The minimum absolute atomic E-state index is 0.207. The Morgan fingerprint density at radius 1 is 1.04 bits per heavy atom. The fraction of sp³-hybridized carbons (Fsp3) is 0.577. The van der Waals surface area contributed by atoms with Crippen LogP contribution in [-0.2, 0) is 15.6 Å². The van der Waals surface area contributed by atoms with Gasteiger partial charge in [-0.25, -0.2) is 0 Å². The molecule has 1 nitrogen and oxygen atoms in total. The second-order valence-corrected chi connectivity index (χ2v) is 10.0. The smallest absolute Gasteiger partial charge is 0.163 e. The molecule has 3 rings (SSSR count). The zero-order valence-electron chi connectivity index (χ0n) is 18.4. The number of hydrogen-bond acceptors (Lipinski definition) is 1. The Hall–Kier alpha value is -1.63. The molecule has 0 aliphatic heterocycles. The molecule has 0 radical (unpaired) electrons. The summed E-state index contributed by atoms with van der Waals surface area (Å²) in [7, 11) is 0. The van der Waals surface area contributed by atoms with E-state index in [0.29, 0.717) is 12.2 Å². The Balaban J connectivity index is 2.12. The second kappa shape index (κ2) is 7.08. The molecular weight excluding hydrogens is 328 g/mol. The zero-order valence-corrected chi connectivity index (χ0v) is 18.4. The number of aryl methyl sites for hydroxylation is 1. The Morgan fingerprint density at radius 2 is 1.63 bits per heavy atom. The Morgan fingerprint density at radius 3 is 2.22 bits per heavy atom. The third-order valence-corrected chi connectivity index (χ3v) is 7.01. The van der Waals surface area contributed by atoms with E-state index < -0.39 is 0 Å². The number of rotatable bonds is 4. The zero-order chi connectivity index (χ0) is 20.0. The Bertz CT molecular complexity index is 830. The molecule has 0 N–H and O–H groups in total. The maximum Gasteiger partial charge on any atom is 0.163 e.